The van der Waals surface area contributed by atoms with Crippen molar-refractivity contribution in [1.82, 2.24) is 0 Å². The summed E-state index contributed by atoms with van der Waals surface area (Å²) in [4.78, 5) is 0.360. The number of hydrogen-bond acceptors (Lipinski definition) is 3. The first-order valence-electron chi connectivity index (χ1n) is 5.32. The highest BCUT2D eigenvalue weighted by Crippen LogP contribution is 2.42. The Labute approximate surface area is 98.9 Å². The quantitative estimate of drug-likeness (QED) is 0.847. The Morgan fingerprint density at radius 2 is 2.00 bits per heavy atom. The molecule has 5 heteroatoms. The number of hydrogen-bond donors (Lipinski definition) is 2. The predicted octanol–water partition coefficient (Wildman–Crippen LogP) is 1.49. The van der Waals surface area contributed by atoms with E-state index in [-0.39, 0.29) is 6.61 Å². The largest absolute Gasteiger partial charge is 0.396 e. The van der Waals surface area contributed by atoms with Crippen LogP contribution in [0.1, 0.15) is 5.56 Å². The Kier molecular flexibility index (Phi) is 2.14. The number of fused-ring (bicyclic) bond motifs is 3. The molecule has 2 aromatic rings. The maximum absolute atomic E-state index is 11.7. The number of aliphatic hydroxyl groups is 1. The Hall–Kier alpha value is -1.59. The van der Waals surface area contributed by atoms with E-state index in [0.29, 0.717) is 17.0 Å². The van der Waals surface area contributed by atoms with Crippen LogP contribution in [0.4, 0.5) is 5.69 Å². The number of anilines is 1. The third-order valence-electron chi connectivity index (χ3n) is 2.97. The second-order valence-electron chi connectivity index (χ2n) is 4.04. The number of benzene rings is 2. The van der Waals surface area contributed by atoms with E-state index in [1.54, 1.807) is 6.07 Å². The van der Waals surface area contributed by atoms with E-state index >= 15 is 0 Å². The summed E-state index contributed by atoms with van der Waals surface area (Å²) in [6, 6.07) is 9.30. The molecule has 4 nitrogen and oxygen atoms in total. The molecule has 3 rings (SSSR count). The van der Waals surface area contributed by atoms with Crippen molar-refractivity contribution < 1.29 is 13.5 Å². The first kappa shape index (κ1) is 10.6. The van der Waals surface area contributed by atoms with Crippen molar-refractivity contribution in [1.29, 1.82) is 0 Å². The van der Waals surface area contributed by atoms with E-state index in [9.17, 15) is 8.42 Å². The van der Waals surface area contributed by atoms with Crippen molar-refractivity contribution in [3.05, 3.63) is 35.9 Å². The van der Waals surface area contributed by atoms with Gasteiger partial charge in [0.15, 0.2) is 0 Å². The van der Waals surface area contributed by atoms with Crippen LogP contribution in [0.2, 0.25) is 0 Å². The van der Waals surface area contributed by atoms with Gasteiger partial charge in [0.2, 0.25) is 0 Å². The maximum atomic E-state index is 11.7. The second kappa shape index (κ2) is 3.45. The molecule has 2 N–H and O–H groups in total. The van der Waals surface area contributed by atoms with Crippen molar-refractivity contribution in [3.8, 4) is 0 Å². The summed E-state index contributed by atoms with van der Waals surface area (Å²) >= 11 is 0. The van der Waals surface area contributed by atoms with E-state index in [4.69, 9.17) is 5.11 Å². The Morgan fingerprint density at radius 3 is 2.71 bits per heavy atom. The second-order valence-corrected chi connectivity index (χ2v) is 5.66. The molecular formula is C12H11NO3S. The summed E-state index contributed by atoms with van der Waals surface area (Å²) < 4.78 is 25.9. The van der Waals surface area contributed by atoms with Crippen LogP contribution < -0.4 is 4.72 Å². The van der Waals surface area contributed by atoms with Gasteiger partial charge < -0.3 is 5.11 Å². The number of aliphatic hydroxyl groups excluding tert-OH is 1. The smallest absolute Gasteiger partial charge is 0.264 e. The Morgan fingerprint density at radius 1 is 1.24 bits per heavy atom. The zero-order chi connectivity index (χ0) is 12.0. The summed E-state index contributed by atoms with van der Waals surface area (Å²) in [5, 5.41) is 10.6. The van der Waals surface area contributed by atoms with Crippen molar-refractivity contribution in [2.45, 2.75) is 11.3 Å². The first-order chi connectivity index (χ1) is 8.13. The topological polar surface area (TPSA) is 66.4 Å². The van der Waals surface area contributed by atoms with Gasteiger partial charge in [-0.3, -0.25) is 4.72 Å². The highest BCUT2D eigenvalue weighted by Gasteiger charge is 2.34. The molecule has 0 aliphatic carbocycles. The molecule has 1 aliphatic rings. The maximum Gasteiger partial charge on any atom is 0.264 e. The summed E-state index contributed by atoms with van der Waals surface area (Å²) in [7, 11) is -3.34. The SMILES string of the molecule is O=S1(=O)Nc2c(CCO)cc3ccccc3c21. The zero-order valence-corrected chi connectivity index (χ0v) is 9.79. The molecule has 0 saturated heterocycles. The molecule has 0 unspecified atom stereocenters. The van der Waals surface area contributed by atoms with Crippen molar-refractivity contribution >= 4 is 26.5 Å². The normalized spacial score (nSPS) is 16.1. The lowest BCUT2D eigenvalue weighted by atomic mass is 10.0. The molecule has 0 atom stereocenters. The van der Waals surface area contributed by atoms with Crippen molar-refractivity contribution in [2.24, 2.45) is 0 Å². The third kappa shape index (κ3) is 1.43. The third-order valence-corrected chi connectivity index (χ3v) is 4.40. The Bertz CT molecular complexity index is 707. The number of sulfonamides is 1. The number of rotatable bonds is 2. The summed E-state index contributed by atoms with van der Waals surface area (Å²) in [5.41, 5.74) is 1.48. The number of nitrogens with one attached hydrogen (secondary N) is 1. The lowest BCUT2D eigenvalue weighted by molar-refractivity contribution is 0.300. The zero-order valence-electron chi connectivity index (χ0n) is 8.97. The molecule has 1 heterocycles. The molecule has 0 radical (unpaired) electrons. The van der Waals surface area contributed by atoms with Crippen LogP contribution in [0.15, 0.2) is 35.2 Å². The summed E-state index contributed by atoms with van der Waals surface area (Å²) in [5.74, 6) is 0. The average molecular weight is 249 g/mol. The van der Waals surface area contributed by atoms with Gasteiger partial charge in [-0.05, 0) is 23.4 Å². The monoisotopic (exact) mass is 249 g/mol. The predicted molar refractivity (Wildman–Crippen MR) is 65.5 cm³/mol. The molecule has 17 heavy (non-hydrogen) atoms. The minimum atomic E-state index is -3.34. The van der Waals surface area contributed by atoms with Crippen LogP contribution in [0.25, 0.3) is 10.8 Å². The van der Waals surface area contributed by atoms with E-state index in [2.05, 4.69) is 4.72 Å². The average Bonchev–Trinajstić information content (AvgIpc) is 2.28. The van der Waals surface area contributed by atoms with Crippen LogP contribution in [0.3, 0.4) is 0 Å². The molecule has 0 aromatic heterocycles. The highest BCUT2D eigenvalue weighted by molar-refractivity contribution is 7.94. The fraction of sp³-hybridized carbons (Fsp3) is 0.167. The van der Waals surface area contributed by atoms with Gasteiger partial charge in [-0.1, -0.05) is 24.3 Å². The fourth-order valence-electron chi connectivity index (χ4n) is 2.22. The van der Waals surface area contributed by atoms with Gasteiger partial charge in [0.25, 0.3) is 10.0 Å². The van der Waals surface area contributed by atoms with Gasteiger partial charge in [0.1, 0.15) is 4.90 Å². The molecule has 0 amide bonds. The van der Waals surface area contributed by atoms with Crippen LogP contribution in [0.5, 0.6) is 0 Å². The molecular weight excluding hydrogens is 238 g/mol. The molecule has 0 spiro atoms. The molecule has 88 valence electrons. The Balaban J connectivity index is 2.39. The van der Waals surface area contributed by atoms with Crippen LogP contribution in [-0.2, 0) is 16.4 Å². The van der Waals surface area contributed by atoms with Gasteiger partial charge in [-0.2, -0.15) is 0 Å². The molecule has 0 saturated carbocycles. The van der Waals surface area contributed by atoms with E-state index in [0.717, 1.165) is 16.3 Å². The standard InChI is InChI=1S/C12H11NO3S/c14-6-5-9-7-8-3-1-2-4-10(8)12-11(9)13-17(12,15)16/h1-4,7,13-14H,5-6H2. The molecule has 0 bridgehead atoms. The van der Waals surface area contributed by atoms with Crippen LogP contribution in [0, 0.1) is 0 Å². The highest BCUT2D eigenvalue weighted by atomic mass is 32.2. The van der Waals surface area contributed by atoms with Crippen molar-refractivity contribution in [3.63, 3.8) is 0 Å². The minimum absolute atomic E-state index is 0.00646. The van der Waals surface area contributed by atoms with E-state index in [1.807, 2.05) is 24.3 Å². The fourth-order valence-corrected chi connectivity index (χ4v) is 3.59. The van der Waals surface area contributed by atoms with Crippen LogP contribution in [-0.4, -0.2) is 20.1 Å². The lowest BCUT2D eigenvalue weighted by Gasteiger charge is -2.26. The van der Waals surface area contributed by atoms with Gasteiger partial charge in [-0.15, -0.1) is 0 Å². The lowest BCUT2D eigenvalue weighted by Crippen LogP contribution is -2.27. The van der Waals surface area contributed by atoms with E-state index in [1.165, 1.54) is 0 Å². The van der Waals surface area contributed by atoms with Gasteiger partial charge in [0.05, 0.1) is 5.69 Å². The van der Waals surface area contributed by atoms with Gasteiger partial charge in [0, 0.05) is 12.0 Å². The minimum Gasteiger partial charge on any atom is -0.396 e. The molecule has 0 fully saturated rings. The first-order valence-corrected chi connectivity index (χ1v) is 6.80. The summed E-state index contributed by atoms with van der Waals surface area (Å²) in [6.45, 7) is 0.00646. The van der Waals surface area contributed by atoms with Crippen LogP contribution >= 0.6 is 0 Å². The molecule has 1 aliphatic heterocycles. The molecule has 2 aromatic carbocycles. The van der Waals surface area contributed by atoms with Gasteiger partial charge in [-0.25, -0.2) is 8.42 Å². The summed E-state index contributed by atoms with van der Waals surface area (Å²) in [6.07, 6.45) is 0.454. The van der Waals surface area contributed by atoms with E-state index < -0.39 is 10.0 Å². The van der Waals surface area contributed by atoms with Gasteiger partial charge >= 0.3 is 0 Å². The van der Waals surface area contributed by atoms with Crippen molar-refractivity contribution in [2.75, 3.05) is 11.3 Å².